The minimum absolute atomic E-state index is 0.0310. The summed E-state index contributed by atoms with van der Waals surface area (Å²) in [5, 5.41) is 8.41. The van der Waals surface area contributed by atoms with Crippen LogP contribution < -0.4 is 0 Å². The number of rotatable bonds is 7. The zero-order chi connectivity index (χ0) is 10.9. The monoisotopic (exact) mass is 203 g/mol. The molecule has 0 bridgehead atoms. The highest BCUT2D eigenvalue weighted by Gasteiger charge is 2.03. The van der Waals surface area contributed by atoms with Crippen LogP contribution in [0.25, 0.3) is 0 Å². The SMILES string of the molecule is CC(C)(C)N=CCOCCOCCO. The molecule has 0 aliphatic heterocycles. The van der Waals surface area contributed by atoms with Crippen LogP contribution in [0.4, 0.5) is 0 Å². The molecule has 0 aromatic rings. The minimum Gasteiger partial charge on any atom is -0.394 e. The Bertz CT molecular complexity index is 152. The molecule has 0 amide bonds. The number of hydrogen-bond acceptors (Lipinski definition) is 4. The fourth-order valence-electron chi connectivity index (χ4n) is 0.732. The molecule has 1 N–H and O–H groups in total. The van der Waals surface area contributed by atoms with Crippen molar-refractivity contribution in [3.05, 3.63) is 0 Å². The van der Waals surface area contributed by atoms with E-state index in [-0.39, 0.29) is 12.1 Å². The van der Waals surface area contributed by atoms with E-state index in [0.717, 1.165) is 0 Å². The maximum absolute atomic E-state index is 8.41. The van der Waals surface area contributed by atoms with Gasteiger partial charge in [0, 0.05) is 6.21 Å². The number of ether oxygens (including phenoxy) is 2. The van der Waals surface area contributed by atoms with Gasteiger partial charge in [0.1, 0.15) is 0 Å². The van der Waals surface area contributed by atoms with Crippen LogP contribution in [0.15, 0.2) is 4.99 Å². The van der Waals surface area contributed by atoms with Gasteiger partial charge >= 0.3 is 0 Å². The van der Waals surface area contributed by atoms with Crippen molar-refractivity contribution in [3.63, 3.8) is 0 Å². The molecule has 0 saturated carbocycles. The van der Waals surface area contributed by atoms with E-state index in [1.165, 1.54) is 0 Å². The lowest BCUT2D eigenvalue weighted by Gasteiger charge is -2.10. The molecular formula is C10H21NO3. The second kappa shape index (κ2) is 7.91. The van der Waals surface area contributed by atoms with E-state index in [2.05, 4.69) is 4.99 Å². The minimum atomic E-state index is -0.0310. The molecule has 0 unspecified atom stereocenters. The van der Waals surface area contributed by atoms with Crippen LogP contribution >= 0.6 is 0 Å². The van der Waals surface area contributed by atoms with Gasteiger partial charge in [-0.3, -0.25) is 4.99 Å². The predicted molar refractivity (Wildman–Crippen MR) is 57.0 cm³/mol. The van der Waals surface area contributed by atoms with Crippen LogP contribution in [0.5, 0.6) is 0 Å². The van der Waals surface area contributed by atoms with Crippen molar-refractivity contribution in [1.82, 2.24) is 0 Å². The topological polar surface area (TPSA) is 51.0 Å². The molecule has 4 heteroatoms. The van der Waals surface area contributed by atoms with Gasteiger partial charge in [0.05, 0.1) is 38.6 Å². The van der Waals surface area contributed by atoms with Gasteiger partial charge in [0.15, 0.2) is 0 Å². The van der Waals surface area contributed by atoms with Crippen LogP contribution in [0.2, 0.25) is 0 Å². The third-order valence-corrected chi connectivity index (χ3v) is 1.28. The van der Waals surface area contributed by atoms with Gasteiger partial charge in [0.25, 0.3) is 0 Å². The summed E-state index contributed by atoms with van der Waals surface area (Å²) in [5.41, 5.74) is -0.0310. The molecule has 0 fully saturated rings. The number of aliphatic hydroxyl groups excluding tert-OH is 1. The summed E-state index contributed by atoms with van der Waals surface area (Å²) in [4.78, 5) is 4.26. The Morgan fingerprint density at radius 2 is 1.79 bits per heavy atom. The third kappa shape index (κ3) is 11.6. The van der Waals surface area contributed by atoms with Crippen molar-refractivity contribution in [2.24, 2.45) is 4.99 Å². The van der Waals surface area contributed by atoms with Crippen LogP contribution in [0, 0.1) is 0 Å². The summed E-state index contributed by atoms with van der Waals surface area (Å²) < 4.78 is 10.2. The second-order valence-electron chi connectivity index (χ2n) is 3.89. The molecule has 0 aliphatic rings. The lowest BCUT2D eigenvalue weighted by molar-refractivity contribution is 0.0441. The molecule has 0 rings (SSSR count). The van der Waals surface area contributed by atoms with Crippen molar-refractivity contribution < 1.29 is 14.6 Å². The summed E-state index contributed by atoms with van der Waals surface area (Å²) in [5.74, 6) is 0. The zero-order valence-corrected chi connectivity index (χ0v) is 9.32. The van der Waals surface area contributed by atoms with E-state index in [4.69, 9.17) is 14.6 Å². The van der Waals surface area contributed by atoms with Gasteiger partial charge in [0.2, 0.25) is 0 Å². The maximum atomic E-state index is 8.41. The largest absolute Gasteiger partial charge is 0.394 e. The first-order valence-electron chi connectivity index (χ1n) is 4.86. The first-order chi connectivity index (χ1) is 6.56. The highest BCUT2D eigenvalue weighted by atomic mass is 16.5. The Morgan fingerprint density at radius 1 is 1.14 bits per heavy atom. The van der Waals surface area contributed by atoms with E-state index < -0.39 is 0 Å². The normalized spacial score (nSPS) is 12.6. The Morgan fingerprint density at radius 3 is 2.36 bits per heavy atom. The zero-order valence-electron chi connectivity index (χ0n) is 9.32. The Kier molecular flexibility index (Phi) is 7.65. The van der Waals surface area contributed by atoms with E-state index in [0.29, 0.717) is 26.4 Å². The van der Waals surface area contributed by atoms with Gasteiger partial charge in [-0.25, -0.2) is 0 Å². The van der Waals surface area contributed by atoms with Crippen molar-refractivity contribution in [2.75, 3.05) is 33.0 Å². The van der Waals surface area contributed by atoms with Crippen molar-refractivity contribution in [1.29, 1.82) is 0 Å². The van der Waals surface area contributed by atoms with Crippen molar-refractivity contribution in [3.8, 4) is 0 Å². The first kappa shape index (κ1) is 13.5. The lowest BCUT2D eigenvalue weighted by atomic mass is 10.1. The molecule has 0 aromatic carbocycles. The van der Waals surface area contributed by atoms with Crippen LogP contribution in [0.3, 0.4) is 0 Å². The number of nitrogens with zero attached hydrogens (tertiary/aromatic N) is 1. The van der Waals surface area contributed by atoms with Gasteiger partial charge < -0.3 is 14.6 Å². The van der Waals surface area contributed by atoms with Crippen LogP contribution in [-0.2, 0) is 9.47 Å². The molecule has 84 valence electrons. The Hall–Kier alpha value is -0.450. The maximum Gasteiger partial charge on any atom is 0.0815 e. The third-order valence-electron chi connectivity index (χ3n) is 1.28. The molecule has 0 atom stereocenters. The second-order valence-corrected chi connectivity index (χ2v) is 3.89. The molecule has 0 aliphatic carbocycles. The predicted octanol–water partition coefficient (Wildman–Crippen LogP) is 0.881. The summed E-state index contributed by atoms with van der Waals surface area (Å²) >= 11 is 0. The summed E-state index contributed by atoms with van der Waals surface area (Å²) in [6.07, 6.45) is 1.77. The van der Waals surface area contributed by atoms with Crippen molar-refractivity contribution >= 4 is 6.21 Å². The molecule has 4 nitrogen and oxygen atoms in total. The molecule has 14 heavy (non-hydrogen) atoms. The number of hydrogen-bond donors (Lipinski definition) is 1. The van der Waals surface area contributed by atoms with E-state index in [9.17, 15) is 0 Å². The highest BCUT2D eigenvalue weighted by Crippen LogP contribution is 2.03. The van der Waals surface area contributed by atoms with Gasteiger partial charge in [-0.2, -0.15) is 0 Å². The number of aliphatic imine (C=N–C) groups is 1. The first-order valence-corrected chi connectivity index (χ1v) is 4.86. The smallest absolute Gasteiger partial charge is 0.0815 e. The average Bonchev–Trinajstić information content (AvgIpc) is 2.08. The van der Waals surface area contributed by atoms with Crippen molar-refractivity contribution in [2.45, 2.75) is 26.3 Å². The fraction of sp³-hybridized carbons (Fsp3) is 0.900. The molecule has 0 radical (unpaired) electrons. The molecule has 0 aromatic heterocycles. The molecular weight excluding hydrogens is 182 g/mol. The lowest BCUT2D eigenvalue weighted by Crippen LogP contribution is -2.12. The quantitative estimate of drug-likeness (QED) is 0.493. The van der Waals surface area contributed by atoms with E-state index >= 15 is 0 Å². The highest BCUT2D eigenvalue weighted by molar-refractivity contribution is 5.59. The fourth-order valence-corrected chi connectivity index (χ4v) is 0.732. The molecule has 0 spiro atoms. The Labute approximate surface area is 85.9 Å². The van der Waals surface area contributed by atoms with Gasteiger partial charge in [-0.15, -0.1) is 0 Å². The van der Waals surface area contributed by atoms with Gasteiger partial charge in [-0.1, -0.05) is 0 Å². The standard InChI is InChI=1S/C10H21NO3/c1-10(2,3)11-4-6-13-8-9-14-7-5-12/h4,12H,5-9H2,1-3H3. The van der Waals surface area contributed by atoms with E-state index in [1.807, 2.05) is 20.8 Å². The summed E-state index contributed by atoms with van der Waals surface area (Å²) in [6, 6.07) is 0. The number of aliphatic hydroxyl groups is 1. The van der Waals surface area contributed by atoms with Crippen LogP contribution in [0.1, 0.15) is 20.8 Å². The van der Waals surface area contributed by atoms with Gasteiger partial charge in [-0.05, 0) is 20.8 Å². The van der Waals surface area contributed by atoms with Crippen LogP contribution in [-0.4, -0.2) is 49.9 Å². The summed E-state index contributed by atoms with van der Waals surface area (Å²) in [6.45, 7) is 8.11. The Balaban J connectivity index is 3.17. The molecule has 0 saturated heterocycles. The average molecular weight is 203 g/mol. The molecule has 0 heterocycles. The summed E-state index contributed by atoms with van der Waals surface area (Å²) in [7, 11) is 0. The van der Waals surface area contributed by atoms with E-state index in [1.54, 1.807) is 6.21 Å².